The van der Waals surface area contributed by atoms with Gasteiger partial charge in [-0.15, -0.1) is 0 Å². The van der Waals surface area contributed by atoms with Gasteiger partial charge in [-0.3, -0.25) is 4.79 Å². The van der Waals surface area contributed by atoms with E-state index in [1.165, 1.54) is 0 Å². The number of likely N-dealkylation sites (tertiary alicyclic amines) is 1. The molecule has 0 aromatic heterocycles. The van der Waals surface area contributed by atoms with Gasteiger partial charge in [-0.25, -0.2) is 0 Å². The Morgan fingerprint density at radius 2 is 2.25 bits per heavy atom. The van der Waals surface area contributed by atoms with E-state index in [1.807, 2.05) is 29.2 Å². The predicted octanol–water partition coefficient (Wildman–Crippen LogP) is 1.42. The van der Waals surface area contributed by atoms with E-state index in [2.05, 4.69) is 11.8 Å². The summed E-state index contributed by atoms with van der Waals surface area (Å²) < 4.78 is 5.65. The van der Waals surface area contributed by atoms with Crippen LogP contribution in [-0.2, 0) is 4.79 Å². The topological polar surface area (TPSA) is 49.8 Å². The normalized spacial score (nSPS) is 14.7. The van der Waals surface area contributed by atoms with Gasteiger partial charge in [0.2, 0.25) is 5.91 Å². The minimum absolute atomic E-state index is 0.151. The third-order valence-corrected chi connectivity index (χ3v) is 3.20. The van der Waals surface area contributed by atoms with E-state index in [0.29, 0.717) is 19.6 Å². The van der Waals surface area contributed by atoms with Crippen molar-refractivity contribution in [2.24, 2.45) is 0 Å². The first-order chi connectivity index (χ1) is 9.79. The Hall–Kier alpha value is -1.99. The zero-order valence-corrected chi connectivity index (χ0v) is 11.5. The molecular formula is C16H19NO3. The smallest absolute Gasteiger partial charge is 0.222 e. The van der Waals surface area contributed by atoms with Gasteiger partial charge >= 0.3 is 0 Å². The summed E-state index contributed by atoms with van der Waals surface area (Å²) in [6.45, 7) is 1.81. The van der Waals surface area contributed by atoms with Crippen molar-refractivity contribution in [1.29, 1.82) is 0 Å². The van der Waals surface area contributed by atoms with Gasteiger partial charge in [-0.2, -0.15) is 0 Å². The molecule has 20 heavy (non-hydrogen) atoms. The molecule has 1 aromatic carbocycles. The minimum Gasteiger partial charge on any atom is -0.492 e. The fraction of sp³-hybridized carbons (Fsp3) is 0.438. The van der Waals surface area contributed by atoms with E-state index in [9.17, 15) is 4.79 Å². The number of rotatable bonds is 4. The molecule has 1 heterocycles. The number of carbonyl (C=O) groups excluding carboxylic acids is 1. The lowest BCUT2D eigenvalue weighted by Crippen LogP contribution is -2.38. The van der Waals surface area contributed by atoms with Crippen LogP contribution in [0.15, 0.2) is 24.3 Å². The summed E-state index contributed by atoms with van der Waals surface area (Å²) in [6, 6.07) is 7.43. The SMILES string of the molecule is O=C1CCCCN1CCOc1cccc(C#CCO)c1. The lowest BCUT2D eigenvalue weighted by atomic mass is 10.1. The summed E-state index contributed by atoms with van der Waals surface area (Å²) in [5, 5.41) is 8.67. The standard InChI is InChI=1S/C16H19NO3/c18-11-4-6-14-5-3-7-15(13-14)20-12-10-17-9-2-1-8-16(17)19/h3,5,7,13,18H,1-2,8-12H2. The molecule has 4 nitrogen and oxygen atoms in total. The molecule has 1 saturated heterocycles. The highest BCUT2D eigenvalue weighted by Gasteiger charge is 2.17. The molecule has 0 bridgehead atoms. The molecule has 106 valence electrons. The minimum atomic E-state index is -0.151. The van der Waals surface area contributed by atoms with Crippen molar-refractivity contribution in [3.8, 4) is 17.6 Å². The van der Waals surface area contributed by atoms with Gasteiger partial charge in [0.1, 0.15) is 19.0 Å². The number of amides is 1. The van der Waals surface area contributed by atoms with Gasteiger partial charge < -0.3 is 14.7 Å². The van der Waals surface area contributed by atoms with Crippen LogP contribution in [0.3, 0.4) is 0 Å². The van der Waals surface area contributed by atoms with E-state index in [1.54, 1.807) is 0 Å². The number of hydrogen-bond acceptors (Lipinski definition) is 3. The molecular weight excluding hydrogens is 254 g/mol. The Bertz CT molecular complexity index is 516. The lowest BCUT2D eigenvalue weighted by Gasteiger charge is -2.26. The van der Waals surface area contributed by atoms with Crippen molar-refractivity contribution >= 4 is 5.91 Å². The molecule has 1 aromatic rings. The Labute approximate surface area is 119 Å². The van der Waals surface area contributed by atoms with Gasteiger partial charge in [0.05, 0.1) is 6.54 Å². The van der Waals surface area contributed by atoms with Crippen LogP contribution in [0.25, 0.3) is 0 Å². The second kappa shape index (κ2) is 7.56. The number of piperidine rings is 1. The van der Waals surface area contributed by atoms with Crippen molar-refractivity contribution in [1.82, 2.24) is 4.90 Å². The number of benzene rings is 1. The molecule has 0 aliphatic carbocycles. The molecule has 0 unspecified atom stereocenters. The van der Waals surface area contributed by atoms with E-state index in [4.69, 9.17) is 9.84 Å². The molecule has 4 heteroatoms. The number of ether oxygens (including phenoxy) is 1. The Morgan fingerprint density at radius 1 is 1.35 bits per heavy atom. The van der Waals surface area contributed by atoms with Crippen LogP contribution in [0.5, 0.6) is 5.75 Å². The van der Waals surface area contributed by atoms with Crippen LogP contribution in [0.2, 0.25) is 0 Å². The van der Waals surface area contributed by atoms with E-state index < -0.39 is 0 Å². The monoisotopic (exact) mass is 273 g/mol. The molecule has 1 amide bonds. The predicted molar refractivity (Wildman–Crippen MR) is 76.3 cm³/mol. The number of aliphatic hydroxyl groups excluding tert-OH is 1. The van der Waals surface area contributed by atoms with Crippen LogP contribution in [0.1, 0.15) is 24.8 Å². The number of carbonyl (C=O) groups is 1. The van der Waals surface area contributed by atoms with Crippen LogP contribution < -0.4 is 4.74 Å². The highest BCUT2D eigenvalue weighted by Crippen LogP contribution is 2.14. The van der Waals surface area contributed by atoms with Gasteiger partial charge in [-0.05, 0) is 31.0 Å². The van der Waals surface area contributed by atoms with Crippen molar-refractivity contribution in [2.45, 2.75) is 19.3 Å². The maximum Gasteiger partial charge on any atom is 0.222 e. The second-order valence-corrected chi connectivity index (χ2v) is 4.67. The van der Waals surface area contributed by atoms with E-state index >= 15 is 0 Å². The van der Waals surface area contributed by atoms with Crippen molar-refractivity contribution in [2.75, 3.05) is 26.3 Å². The third kappa shape index (κ3) is 4.29. The molecule has 0 spiro atoms. The third-order valence-electron chi connectivity index (χ3n) is 3.20. The first kappa shape index (κ1) is 14.4. The molecule has 1 fully saturated rings. The fourth-order valence-corrected chi connectivity index (χ4v) is 2.18. The zero-order valence-electron chi connectivity index (χ0n) is 11.5. The highest BCUT2D eigenvalue weighted by molar-refractivity contribution is 5.76. The van der Waals surface area contributed by atoms with E-state index in [-0.39, 0.29) is 12.5 Å². The number of nitrogens with zero attached hydrogens (tertiary/aromatic N) is 1. The summed E-state index contributed by atoms with van der Waals surface area (Å²) in [6.07, 6.45) is 2.74. The Balaban J connectivity index is 1.83. The highest BCUT2D eigenvalue weighted by atomic mass is 16.5. The first-order valence-corrected chi connectivity index (χ1v) is 6.90. The maximum absolute atomic E-state index is 11.6. The summed E-state index contributed by atoms with van der Waals surface area (Å²) in [7, 11) is 0. The van der Waals surface area contributed by atoms with Gasteiger partial charge in [0.15, 0.2) is 0 Å². The van der Waals surface area contributed by atoms with Gasteiger partial charge in [-0.1, -0.05) is 17.9 Å². The van der Waals surface area contributed by atoms with Gasteiger partial charge in [0.25, 0.3) is 0 Å². The van der Waals surface area contributed by atoms with Crippen LogP contribution in [0.4, 0.5) is 0 Å². The van der Waals surface area contributed by atoms with Crippen LogP contribution in [-0.4, -0.2) is 42.2 Å². The second-order valence-electron chi connectivity index (χ2n) is 4.67. The first-order valence-electron chi connectivity index (χ1n) is 6.90. The lowest BCUT2D eigenvalue weighted by molar-refractivity contribution is -0.133. The largest absolute Gasteiger partial charge is 0.492 e. The Kier molecular flexibility index (Phi) is 5.45. The summed E-state index contributed by atoms with van der Waals surface area (Å²) >= 11 is 0. The molecule has 1 N–H and O–H groups in total. The molecule has 1 aliphatic heterocycles. The van der Waals surface area contributed by atoms with Crippen molar-refractivity contribution < 1.29 is 14.6 Å². The number of aliphatic hydroxyl groups is 1. The zero-order chi connectivity index (χ0) is 14.2. The fourth-order valence-electron chi connectivity index (χ4n) is 2.18. The molecule has 0 radical (unpaired) electrons. The summed E-state index contributed by atoms with van der Waals surface area (Å²) in [4.78, 5) is 13.5. The Morgan fingerprint density at radius 3 is 3.05 bits per heavy atom. The molecule has 0 atom stereocenters. The summed E-state index contributed by atoms with van der Waals surface area (Å²) in [5.41, 5.74) is 0.811. The van der Waals surface area contributed by atoms with Gasteiger partial charge in [0, 0.05) is 18.5 Å². The number of hydrogen-bond donors (Lipinski definition) is 1. The summed E-state index contributed by atoms with van der Waals surface area (Å²) in [5.74, 6) is 6.40. The van der Waals surface area contributed by atoms with E-state index in [0.717, 1.165) is 30.7 Å². The quantitative estimate of drug-likeness (QED) is 0.844. The van der Waals surface area contributed by atoms with Crippen molar-refractivity contribution in [3.05, 3.63) is 29.8 Å². The maximum atomic E-state index is 11.6. The van der Waals surface area contributed by atoms with Crippen LogP contribution in [0, 0.1) is 11.8 Å². The average molecular weight is 273 g/mol. The molecule has 1 aliphatic rings. The average Bonchev–Trinajstić information content (AvgIpc) is 2.48. The van der Waals surface area contributed by atoms with Crippen molar-refractivity contribution in [3.63, 3.8) is 0 Å². The molecule has 0 saturated carbocycles. The van der Waals surface area contributed by atoms with Crippen LogP contribution >= 0.6 is 0 Å². The molecule has 2 rings (SSSR count).